The van der Waals surface area contributed by atoms with Crippen molar-refractivity contribution < 1.29 is 4.74 Å². The monoisotopic (exact) mass is 287 g/mol. The van der Waals surface area contributed by atoms with Crippen LogP contribution in [0.25, 0.3) is 0 Å². The summed E-state index contributed by atoms with van der Waals surface area (Å²) in [5.74, 6) is 0.925. The molecule has 4 heteroatoms. The number of ether oxygens (including phenoxy) is 1. The Morgan fingerprint density at radius 1 is 1.19 bits per heavy atom. The molecule has 1 N–H and O–H groups in total. The third kappa shape index (κ3) is 4.33. The highest BCUT2D eigenvalue weighted by Crippen LogP contribution is 2.18. The molecule has 114 valence electrons. The lowest BCUT2D eigenvalue weighted by atomic mass is 10.1. The second-order valence-corrected chi connectivity index (χ2v) is 5.15. The van der Waals surface area contributed by atoms with Crippen LogP contribution in [0, 0.1) is 0 Å². The van der Waals surface area contributed by atoms with Crippen LogP contribution in [0.3, 0.4) is 0 Å². The van der Waals surface area contributed by atoms with Crippen molar-refractivity contribution in [2.45, 2.75) is 46.3 Å². The number of aryl methyl sites for hydroxylation is 1. The standard InChI is InChI=1S/C17H25N3O/c1-4-12-20-16(10-11-19-20)13-18-14(3)15-6-8-17(9-7-15)21-5-2/h6-11,14,18H,4-5,12-13H2,1-3H3. The van der Waals surface area contributed by atoms with Gasteiger partial charge in [0.1, 0.15) is 5.75 Å². The van der Waals surface area contributed by atoms with Crippen LogP contribution in [0.4, 0.5) is 0 Å². The van der Waals surface area contributed by atoms with Crippen molar-refractivity contribution in [2.75, 3.05) is 6.61 Å². The highest BCUT2D eigenvalue weighted by Gasteiger charge is 2.07. The van der Waals surface area contributed by atoms with E-state index in [9.17, 15) is 0 Å². The number of hydrogen-bond donors (Lipinski definition) is 1. The molecule has 1 aromatic heterocycles. The van der Waals surface area contributed by atoms with Crippen LogP contribution in [0.5, 0.6) is 5.75 Å². The van der Waals surface area contributed by atoms with Crippen LogP contribution in [0.15, 0.2) is 36.5 Å². The second-order valence-electron chi connectivity index (χ2n) is 5.15. The molecule has 0 amide bonds. The molecule has 1 atom stereocenters. The second kappa shape index (κ2) is 7.84. The summed E-state index contributed by atoms with van der Waals surface area (Å²) in [5, 5.41) is 7.90. The van der Waals surface area contributed by atoms with E-state index in [2.05, 4.69) is 47.1 Å². The van der Waals surface area contributed by atoms with Crippen LogP contribution in [-0.4, -0.2) is 16.4 Å². The SMILES string of the molecule is CCCn1nccc1CNC(C)c1ccc(OCC)cc1. The normalized spacial score (nSPS) is 12.3. The van der Waals surface area contributed by atoms with Gasteiger partial charge in [0.05, 0.1) is 12.3 Å². The van der Waals surface area contributed by atoms with Crippen molar-refractivity contribution in [2.24, 2.45) is 0 Å². The molecule has 0 radical (unpaired) electrons. The fourth-order valence-electron chi connectivity index (χ4n) is 2.32. The zero-order valence-electron chi connectivity index (χ0n) is 13.2. The number of aromatic nitrogens is 2. The number of benzene rings is 1. The zero-order valence-corrected chi connectivity index (χ0v) is 13.2. The highest BCUT2D eigenvalue weighted by atomic mass is 16.5. The van der Waals surface area contributed by atoms with Crippen LogP contribution in [0.1, 0.15) is 44.5 Å². The fraction of sp³-hybridized carbons (Fsp3) is 0.471. The van der Waals surface area contributed by atoms with Crippen molar-refractivity contribution in [3.8, 4) is 5.75 Å². The van der Waals surface area contributed by atoms with E-state index >= 15 is 0 Å². The molecule has 0 saturated carbocycles. The van der Waals surface area contributed by atoms with Crippen molar-refractivity contribution in [1.29, 1.82) is 0 Å². The third-order valence-corrected chi connectivity index (χ3v) is 3.52. The summed E-state index contributed by atoms with van der Waals surface area (Å²) in [6.45, 7) is 8.85. The molecule has 0 aliphatic rings. The average Bonchev–Trinajstić information content (AvgIpc) is 2.94. The lowest BCUT2D eigenvalue weighted by Gasteiger charge is -2.15. The Kier molecular flexibility index (Phi) is 5.81. The first kappa shape index (κ1) is 15.6. The molecular weight excluding hydrogens is 262 g/mol. The van der Waals surface area contributed by atoms with Gasteiger partial charge in [-0.25, -0.2) is 0 Å². The summed E-state index contributed by atoms with van der Waals surface area (Å²) >= 11 is 0. The Labute approximate surface area is 127 Å². The molecular formula is C17H25N3O. The lowest BCUT2D eigenvalue weighted by molar-refractivity contribution is 0.340. The van der Waals surface area contributed by atoms with Gasteiger partial charge in [-0.2, -0.15) is 5.10 Å². The quantitative estimate of drug-likeness (QED) is 0.807. The largest absolute Gasteiger partial charge is 0.494 e. The smallest absolute Gasteiger partial charge is 0.119 e. The molecule has 0 spiro atoms. The van der Waals surface area contributed by atoms with E-state index in [1.165, 1.54) is 11.3 Å². The maximum Gasteiger partial charge on any atom is 0.119 e. The average molecular weight is 287 g/mol. The van der Waals surface area contributed by atoms with Crippen molar-refractivity contribution >= 4 is 0 Å². The van der Waals surface area contributed by atoms with E-state index in [0.29, 0.717) is 12.6 Å². The maximum absolute atomic E-state index is 5.47. The summed E-state index contributed by atoms with van der Waals surface area (Å²) in [5.41, 5.74) is 2.50. The summed E-state index contributed by atoms with van der Waals surface area (Å²) in [6, 6.07) is 10.7. The molecule has 2 rings (SSSR count). The van der Waals surface area contributed by atoms with Gasteiger partial charge < -0.3 is 10.1 Å². The van der Waals surface area contributed by atoms with Gasteiger partial charge in [-0.3, -0.25) is 4.68 Å². The minimum absolute atomic E-state index is 0.297. The van der Waals surface area contributed by atoms with Gasteiger partial charge in [0.2, 0.25) is 0 Å². The predicted molar refractivity (Wildman–Crippen MR) is 85.4 cm³/mol. The van der Waals surface area contributed by atoms with E-state index in [1.54, 1.807) is 0 Å². The highest BCUT2D eigenvalue weighted by molar-refractivity contribution is 5.29. The van der Waals surface area contributed by atoms with Crippen molar-refractivity contribution in [3.63, 3.8) is 0 Å². The fourth-order valence-corrected chi connectivity index (χ4v) is 2.32. The topological polar surface area (TPSA) is 39.1 Å². The molecule has 1 aromatic carbocycles. The van der Waals surface area contributed by atoms with Gasteiger partial charge in [-0.1, -0.05) is 19.1 Å². The first-order chi connectivity index (χ1) is 10.2. The molecule has 0 saturated heterocycles. The van der Waals surface area contributed by atoms with Gasteiger partial charge in [0, 0.05) is 25.3 Å². The molecule has 1 heterocycles. The summed E-state index contributed by atoms with van der Waals surface area (Å²) in [4.78, 5) is 0. The molecule has 4 nitrogen and oxygen atoms in total. The maximum atomic E-state index is 5.47. The molecule has 0 aliphatic heterocycles. The molecule has 0 aliphatic carbocycles. The predicted octanol–water partition coefficient (Wildman–Crippen LogP) is 3.54. The van der Waals surface area contributed by atoms with Gasteiger partial charge >= 0.3 is 0 Å². The van der Waals surface area contributed by atoms with Gasteiger partial charge in [-0.15, -0.1) is 0 Å². The Balaban J connectivity index is 1.91. The molecule has 0 fully saturated rings. The van der Waals surface area contributed by atoms with Crippen molar-refractivity contribution in [1.82, 2.24) is 15.1 Å². The van der Waals surface area contributed by atoms with Crippen LogP contribution >= 0.6 is 0 Å². The first-order valence-corrected chi connectivity index (χ1v) is 7.71. The van der Waals surface area contributed by atoms with Gasteiger partial charge in [-0.05, 0) is 44.0 Å². The number of rotatable bonds is 8. The summed E-state index contributed by atoms with van der Waals surface area (Å²) in [6.07, 6.45) is 2.97. The Morgan fingerprint density at radius 3 is 2.62 bits per heavy atom. The Hall–Kier alpha value is -1.81. The Morgan fingerprint density at radius 2 is 1.95 bits per heavy atom. The number of hydrogen-bond acceptors (Lipinski definition) is 3. The van der Waals surface area contributed by atoms with Crippen LogP contribution < -0.4 is 10.1 Å². The molecule has 21 heavy (non-hydrogen) atoms. The van der Waals surface area contributed by atoms with E-state index in [0.717, 1.165) is 25.3 Å². The summed E-state index contributed by atoms with van der Waals surface area (Å²) in [7, 11) is 0. The minimum Gasteiger partial charge on any atom is -0.494 e. The summed E-state index contributed by atoms with van der Waals surface area (Å²) < 4.78 is 7.54. The lowest BCUT2D eigenvalue weighted by Crippen LogP contribution is -2.20. The van der Waals surface area contributed by atoms with Crippen molar-refractivity contribution in [3.05, 3.63) is 47.8 Å². The zero-order chi connectivity index (χ0) is 15.1. The van der Waals surface area contributed by atoms with Gasteiger partial charge in [0.25, 0.3) is 0 Å². The third-order valence-electron chi connectivity index (χ3n) is 3.52. The molecule has 0 bridgehead atoms. The minimum atomic E-state index is 0.297. The van der Waals surface area contributed by atoms with E-state index in [1.807, 2.05) is 25.3 Å². The Bertz CT molecular complexity index is 533. The van der Waals surface area contributed by atoms with E-state index in [-0.39, 0.29) is 0 Å². The van der Waals surface area contributed by atoms with Crippen LogP contribution in [0.2, 0.25) is 0 Å². The molecule has 2 aromatic rings. The number of nitrogens with zero attached hydrogens (tertiary/aromatic N) is 2. The van der Waals surface area contributed by atoms with Gasteiger partial charge in [0.15, 0.2) is 0 Å². The molecule has 1 unspecified atom stereocenters. The van der Waals surface area contributed by atoms with E-state index in [4.69, 9.17) is 4.74 Å². The van der Waals surface area contributed by atoms with E-state index < -0.39 is 0 Å². The first-order valence-electron chi connectivity index (χ1n) is 7.71. The number of nitrogens with one attached hydrogen (secondary N) is 1. The van der Waals surface area contributed by atoms with Crippen LogP contribution in [-0.2, 0) is 13.1 Å².